The molecule has 3 heterocycles. The van der Waals surface area contributed by atoms with E-state index in [0.29, 0.717) is 17.0 Å². The van der Waals surface area contributed by atoms with Crippen LogP contribution in [0.4, 0.5) is 11.8 Å². The second kappa shape index (κ2) is 6.92. The number of nitrogens with two attached hydrogens (primary N) is 1. The number of aryl methyl sites for hydroxylation is 1. The maximum Gasteiger partial charge on any atom is 0.224 e. The smallest absolute Gasteiger partial charge is 0.224 e. The number of anilines is 2. The highest BCUT2D eigenvalue weighted by atomic mass is 16.6. The normalized spacial score (nSPS) is 28.7. The quantitative estimate of drug-likeness (QED) is 0.412. The predicted molar refractivity (Wildman–Crippen MR) is 104 cm³/mol. The van der Waals surface area contributed by atoms with E-state index in [1.54, 1.807) is 0 Å². The number of fused-ring (bicyclic) bond motifs is 2. The molecule has 2 aliphatic rings. The molecule has 1 fully saturated rings. The van der Waals surface area contributed by atoms with Crippen LogP contribution in [0.3, 0.4) is 0 Å². The standard InChI is InChI=1S/C19H22N6O4/c20-19-23-16(22-11-6-5-9-3-1-2-4-10(9)11)13-17(24-19)25(8-21-13)18-15(28)14(27)12(7-26)29-18/h1-4,8,11-12,14-15,18,26-28H,5-7H2,(H3,20,22,23,24)/t11-,12-,14?,15+,18-/m1/s1. The summed E-state index contributed by atoms with van der Waals surface area (Å²) in [6.07, 6.45) is -0.907. The van der Waals surface area contributed by atoms with Crippen molar-refractivity contribution >= 4 is 22.9 Å². The molecule has 10 heteroatoms. The highest BCUT2D eigenvalue weighted by Crippen LogP contribution is 2.36. The van der Waals surface area contributed by atoms with E-state index in [1.165, 1.54) is 22.0 Å². The molecular weight excluding hydrogens is 376 g/mol. The third kappa shape index (κ3) is 2.92. The first kappa shape index (κ1) is 18.3. The van der Waals surface area contributed by atoms with Gasteiger partial charge in [0.1, 0.15) is 18.3 Å². The van der Waals surface area contributed by atoms with Crippen LogP contribution in [0.25, 0.3) is 11.2 Å². The molecule has 6 N–H and O–H groups in total. The molecule has 1 aliphatic heterocycles. The molecule has 1 aliphatic carbocycles. The summed E-state index contributed by atoms with van der Waals surface area (Å²) in [5.74, 6) is 0.555. The van der Waals surface area contributed by atoms with E-state index in [-0.39, 0.29) is 12.0 Å². The Kier molecular flexibility index (Phi) is 4.36. The first-order valence-electron chi connectivity index (χ1n) is 9.53. The van der Waals surface area contributed by atoms with Gasteiger partial charge in [0.2, 0.25) is 5.95 Å². The fraction of sp³-hybridized carbons (Fsp3) is 0.421. The summed E-state index contributed by atoms with van der Waals surface area (Å²) >= 11 is 0. The lowest BCUT2D eigenvalue weighted by Crippen LogP contribution is -2.33. The zero-order valence-corrected chi connectivity index (χ0v) is 15.5. The Bertz CT molecular complexity index is 1060. The molecule has 1 saturated heterocycles. The monoisotopic (exact) mass is 398 g/mol. The van der Waals surface area contributed by atoms with Gasteiger partial charge in [-0.1, -0.05) is 24.3 Å². The van der Waals surface area contributed by atoms with Crippen LogP contribution in [-0.4, -0.2) is 59.8 Å². The van der Waals surface area contributed by atoms with Gasteiger partial charge >= 0.3 is 0 Å². The van der Waals surface area contributed by atoms with E-state index in [0.717, 1.165) is 12.8 Å². The van der Waals surface area contributed by atoms with Gasteiger partial charge in [-0.2, -0.15) is 9.97 Å². The minimum absolute atomic E-state index is 0.0553. The molecule has 0 bridgehead atoms. The second-order valence-corrected chi connectivity index (χ2v) is 7.42. The van der Waals surface area contributed by atoms with Gasteiger partial charge in [-0.15, -0.1) is 0 Å². The van der Waals surface area contributed by atoms with Crippen molar-refractivity contribution in [3.63, 3.8) is 0 Å². The minimum atomic E-state index is -1.24. The van der Waals surface area contributed by atoms with Crippen molar-refractivity contribution in [1.29, 1.82) is 0 Å². The molecule has 0 amide bonds. The highest BCUT2D eigenvalue weighted by molar-refractivity contribution is 5.84. The van der Waals surface area contributed by atoms with Crippen molar-refractivity contribution in [3.8, 4) is 0 Å². The largest absolute Gasteiger partial charge is 0.394 e. The Hall–Kier alpha value is -2.79. The molecule has 2 aromatic heterocycles. The zero-order valence-electron chi connectivity index (χ0n) is 15.5. The lowest BCUT2D eigenvalue weighted by Gasteiger charge is -2.18. The topological polar surface area (TPSA) is 152 Å². The van der Waals surface area contributed by atoms with Gasteiger partial charge in [-0.3, -0.25) is 4.57 Å². The van der Waals surface area contributed by atoms with E-state index < -0.39 is 31.1 Å². The fourth-order valence-corrected chi connectivity index (χ4v) is 4.20. The summed E-state index contributed by atoms with van der Waals surface area (Å²) in [4.78, 5) is 13.0. The number of nitrogens with zero attached hydrogens (tertiary/aromatic N) is 4. The van der Waals surface area contributed by atoms with Crippen LogP contribution in [0, 0.1) is 0 Å². The molecule has 0 radical (unpaired) electrons. The molecule has 10 nitrogen and oxygen atoms in total. The molecule has 3 aromatic rings. The summed E-state index contributed by atoms with van der Waals surface area (Å²) in [6.45, 7) is -0.410. The van der Waals surface area contributed by atoms with Gasteiger partial charge in [0.15, 0.2) is 23.2 Å². The van der Waals surface area contributed by atoms with E-state index in [2.05, 4.69) is 32.4 Å². The molecule has 0 spiro atoms. The number of imidazole rings is 1. The van der Waals surface area contributed by atoms with E-state index in [4.69, 9.17) is 10.5 Å². The number of aromatic nitrogens is 4. The molecule has 29 heavy (non-hydrogen) atoms. The Morgan fingerprint density at radius 2 is 2.03 bits per heavy atom. The van der Waals surface area contributed by atoms with E-state index >= 15 is 0 Å². The minimum Gasteiger partial charge on any atom is -0.394 e. The van der Waals surface area contributed by atoms with Gasteiger partial charge in [-0.25, -0.2) is 4.98 Å². The van der Waals surface area contributed by atoms with Gasteiger partial charge in [-0.05, 0) is 24.0 Å². The SMILES string of the molecule is Nc1nc(N[C@@H]2CCc3ccccc32)c2ncn([C@@H]3O[C@H](CO)C(O)[C@@H]3O)c2n1. The van der Waals surface area contributed by atoms with Crippen LogP contribution in [0.15, 0.2) is 30.6 Å². The van der Waals surface area contributed by atoms with Gasteiger partial charge < -0.3 is 31.1 Å². The van der Waals surface area contributed by atoms with Crippen molar-refractivity contribution in [3.05, 3.63) is 41.7 Å². The Morgan fingerprint density at radius 3 is 2.83 bits per heavy atom. The molecule has 5 atom stereocenters. The number of nitrogens with one attached hydrogen (secondary N) is 1. The number of hydrogen-bond acceptors (Lipinski definition) is 9. The Labute approximate surface area is 166 Å². The average Bonchev–Trinajstić information content (AvgIpc) is 3.39. The summed E-state index contributed by atoms with van der Waals surface area (Å²) in [5, 5.41) is 33.2. The summed E-state index contributed by atoms with van der Waals surface area (Å²) in [6, 6.07) is 8.35. The van der Waals surface area contributed by atoms with Crippen molar-refractivity contribution < 1.29 is 20.1 Å². The van der Waals surface area contributed by atoms with Crippen molar-refractivity contribution in [1.82, 2.24) is 19.5 Å². The Balaban J connectivity index is 1.51. The summed E-state index contributed by atoms with van der Waals surface area (Å²) in [7, 11) is 0. The van der Waals surface area contributed by atoms with Crippen LogP contribution in [0.1, 0.15) is 29.8 Å². The summed E-state index contributed by atoms with van der Waals surface area (Å²) in [5.41, 5.74) is 9.33. The Morgan fingerprint density at radius 1 is 1.21 bits per heavy atom. The van der Waals surface area contributed by atoms with Crippen molar-refractivity contribution in [2.75, 3.05) is 17.7 Å². The highest BCUT2D eigenvalue weighted by Gasteiger charge is 2.44. The number of aliphatic hydroxyl groups is 3. The van der Waals surface area contributed by atoms with Crippen molar-refractivity contribution in [2.24, 2.45) is 0 Å². The maximum absolute atomic E-state index is 10.3. The van der Waals surface area contributed by atoms with Gasteiger partial charge in [0, 0.05) is 0 Å². The fourth-order valence-electron chi connectivity index (χ4n) is 4.20. The summed E-state index contributed by atoms with van der Waals surface area (Å²) < 4.78 is 7.10. The predicted octanol–water partition coefficient (Wildman–Crippen LogP) is 0.119. The van der Waals surface area contributed by atoms with Crippen LogP contribution < -0.4 is 11.1 Å². The molecule has 1 aromatic carbocycles. The first-order chi connectivity index (χ1) is 14.1. The molecule has 0 saturated carbocycles. The van der Waals surface area contributed by atoms with Crippen molar-refractivity contribution in [2.45, 2.75) is 43.4 Å². The van der Waals surface area contributed by atoms with Crippen LogP contribution in [0.2, 0.25) is 0 Å². The molecule has 5 rings (SSSR count). The third-order valence-electron chi connectivity index (χ3n) is 5.67. The lowest BCUT2D eigenvalue weighted by molar-refractivity contribution is -0.0511. The van der Waals surface area contributed by atoms with E-state index in [9.17, 15) is 15.3 Å². The second-order valence-electron chi connectivity index (χ2n) is 7.42. The van der Waals surface area contributed by atoms with Crippen LogP contribution >= 0.6 is 0 Å². The number of benzene rings is 1. The molecule has 152 valence electrons. The number of aliphatic hydroxyl groups excluding tert-OH is 3. The van der Waals surface area contributed by atoms with Gasteiger partial charge in [0.25, 0.3) is 0 Å². The van der Waals surface area contributed by atoms with Crippen LogP contribution in [0.5, 0.6) is 0 Å². The van der Waals surface area contributed by atoms with E-state index in [1.807, 2.05) is 12.1 Å². The van der Waals surface area contributed by atoms with Gasteiger partial charge in [0.05, 0.1) is 19.0 Å². The maximum atomic E-state index is 10.3. The lowest BCUT2D eigenvalue weighted by atomic mass is 10.1. The third-order valence-corrected chi connectivity index (χ3v) is 5.67. The number of rotatable bonds is 4. The zero-order chi connectivity index (χ0) is 20.1. The molecular formula is C19H22N6O4. The van der Waals surface area contributed by atoms with Crippen LogP contribution in [-0.2, 0) is 11.2 Å². The molecule has 1 unspecified atom stereocenters. The average molecular weight is 398 g/mol. The first-order valence-corrected chi connectivity index (χ1v) is 9.53. The number of nitrogen functional groups attached to an aromatic ring is 1. The number of ether oxygens (including phenoxy) is 1. The number of hydrogen-bond donors (Lipinski definition) is 5.